The molecule has 0 unspecified atom stereocenters. The van der Waals surface area contributed by atoms with Crippen molar-refractivity contribution < 1.29 is 19.5 Å². The molecule has 2 saturated heterocycles. The van der Waals surface area contributed by atoms with Crippen molar-refractivity contribution in [2.24, 2.45) is 11.7 Å². The van der Waals surface area contributed by atoms with Gasteiger partial charge in [-0.2, -0.15) is 0 Å². The number of amides is 2. The number of carbonyl (C=O) groups is 3. The molecule has 2 aliphatic heterocycles. The van der Waals surface area contributed by atoms with Crippen molar-refractivity contribution in [3.63, 3.8) is 0 Å². The fourth-order valence-electron chi connectivity index (χ4n) is 4.05. The van der Waals surface area contributed by atoms with Crippen molar-refractivity contribution in [2.75, 3.05) is 24.5 Å². The fourth-order valence-corrected chi connectivity index (χ4v) is 5.34. The summed E-state index contributed by atoms with van der Waals surface area (Å²) in [6, 6.07) is 5.24. The highest BCUT2D eigenvalue weighted by molar-refractivity contribution is 8.26. The van der Waals surface area contributed by atoms with Crippen molar-refractivity contribution in [1.29, 1.82) is 0 Å². The third-order valence-corrected chi connectivity index (χ3v) is 7.24. The van der Waals surface area contributed by atoms with Crippen LogP contribution in [0.2, 0.25) is 0 Å². The standard InChI is InChI=1S/C22H23N5O5S2/c23-18(30)13-6-10-25(11-7-13)19-14(20(31)26-8-2-1-4-16(26)24-19)12-15-21(32)27(22(33)34-15)9-3-5-17(28)29/h1-2,4,8,12-13H,3,5-7,9-11H2,(H2,23,30)(H,28,29)/b15-12+. The van der Waals surface area contributed by atoms with Crippen LogP contribution < -0.4 is 16.2 Å². The number of aromatic nitrogens is 2. The number of aliphatic carboxylic acids is 1. The molecule has 34 heavy (non-hydrogen) atoms. The average Bonchev–Trinajstić information content (AvgIpc) is 3.08. The zero-order valence-corrected chi connectivity index (χ0v) is 19.8. The Morgan fingerprint density at radius 3 is 2.68 bits per heavy atom. The van der Waals surface area contributed by atoms with E-state index in [1.54, 1.807) is 24.4 Å². The number of anilines is 1. The molecule has 3 N–H and O–H groups in total. The number of carboxylic acid groups (broad SMARTS) is 1. The molecule has 0 radical (unpaired) electrons. The van der Waals surface area contributed by atoms with Crippen LogP contribution in [0.4, 0.5) is 5.82 Å². The highest BCUT2D eigenvalue weighted by Crippen LogP contribution is 2.34. The Morgan fingerprint density at radius 1 is 1.26 bits per heavy atom. The van der Waals surface area contributed by atoms with Crippen LogP contribution in [0.5, 0.6) is 0 Å². The number of nitrogens with zero attached hydrogens (tertiary/aromatic N) is 4. The maximum atomic E-state index is 13.4. The number of fused-ring (bicyclic) bond motifs is 1. The van der Waals surface area contributed by atoms with E-state index < -0.39 is 5.97 Å². The lowest BCUT2D eigenvalue weighted by Crippen LogP contribution is -2.40. The van der Waals surface area contributed by atoms with Crippen LogP contribution >= 0.6 is 24.0 Å². The largest absolute Gasteiger partial charge is 0.481 e. The van der Waals surface area contributed by atoms with Gasteiger partial charge in [0.2, 0.25) is 5.91 Å². The molecule has 0 spiro atoms. The predicted octanol–water partition coefficient (Wildman–Crippen LogP) is 1.46. The zero-order valence-electron chi connectivity index (χ0n) is 18.2. The average molecular weight is 502 g/mol. The second-order valence-electron chi connectivity index (χ2n) is 8.08. The summed E-state index contributed by atoms with van der Waals surface area (Å²) in [6.07, 6.45) is 4.43. The molecule has 4 heterocycles. The summed E-state index contributed by atoms with van der Waals surface area (Å²) in [5, 5.41) is 8.86. The Labute approximate surface area is 204 Å². The molecule has 178 valence electrons. The topological polar surface area (TPSA) is 138 Å². The maximum Gasteiger partial charge on any atom is 0.303 e. The number of rotatable bonds is 7. The van der Waals surface area contributed by atoms with E-state index in [-0.39, 0.29) is 53.1 Å². The molecule has 2 aliphatic rings. The van der Waals surface area contributed by atoms with Gasteiger partial charge in [-0.15, -0.1) is 0 Å². The summed E-state index contributed by atoms with van der Waals surface area (Å²) < 4.78 is 1.73. The smallest absolute Gasteiger partial charge is 0.303 e. The van der Waals surface area contributed by atoms with Crippen LogP contribution in [-0.4, -0.2) is 61.1 Å². The van der Waals surface area contributed by atoms with Gasteiger partial charge >= 0.3 is 5.97 Å². The predicted molar refractivity (Wildman–Crippen MR) is 132 cm³/mol. The molecule has 0 aliphatic carbocycles. The van der Waals surface area contributed by atoms with Gasteiger partial charge in [0.05, 0.1) is 10.5 Å². The first-order chi connectivity index (χ1) is 16.3. The van der Waals surface area contributed by atoms with Crippen molar-refractivity contribution in [3.8, 4) is 0 Å². The first kappa shape index (κ1) is 23.9. The summed E-state index contributed by atoms with van der Waals surface area (Å²) in [6.45, 7) is 1.19. The number of carboxylic acids is 1. The van der Waals surface area contributed by atoms with E-state index in [1.807, 2.05) is 4.90 Å². The summed E-state index contributed by atoms with van der Waals surface area (Å²) in [7, 11) is 0. The Hall–Kier alpha value is -3.25. The first-order valence-electron chi connectivity index (χ1n) is 10.8. The van der Waals surface area contributed by atoms with E-state index in [0.29, 0.717) is 41.7 Å². The summed E-state index contributed by atoms with van der Waals surface area (Å²) >= 11 is 6.40. The van der Waals surface area contributed by atoms with Gasteiger partial charge in [0.15, 0.2) is 0 Å². The summed E-state index contributed by atoms with van der Waals surface area (Å²) in [5.74, 6) is -1.42. The van der Waals surface area contributed by atoms with Gasteiger partial charge in [0, 0.05) is 38.2 Å². The van der Waals surface area contributed by atoms with Crippen molar-refractivity contribution in [2.45, 2.75) is 25.7 Å². The van der Waals surface area contributed by atoms with E-state index in [9.17, 15) is 19.2 Å². The highest BCUT2D eigenvalue weighted by Gasteiger charge is 2.33. The van der Waals surface area contributed by atoms with E-state index >= 15 is 0 Å². The van der Waals surface area contributed by atoms with Gasteiger partial charge in [0.25, 0.3) is 11.5 Å². The Balaban J connectivity index is 1.70. The van der Waals surface area contributed by atoms with E-state index in [2.05, 4.69) is 0 Å². The molecule has 2 amide bonds. The molecule has 2 fully saturated rings. The third kappa shape index (κ3) is 4.82. The van der Waals surface area contributed by atoms with Crippen molar-refractivity contribution >= 4 is 63.6 Å². The van der Waals surface area contributed by atoms with Crippen LogP contribution in [0.25, 0.3) is 11.7 Å². The van der Waals surface area contributed by atoms with Crippen LogP contribution in [0.1, 0.15) is 31.2 Å². The highest BCUT2D eigenvalue weighted by atomic mass is 32.2. The lowest BCUT2D eigenvalue weighted by molar-refractivity contribution is -0.137. The van der Waals surface area contributed by atoms with Gasteiger partial charge in [-0.25, -0.2) is 4.98 Å². The van der Waals surface area contributed by atoms with Crippen LogP contribution in [0.3, 0.4) is 0 Å². The molecule has 2 aromatic heterocycles. The second-order valence-corrected chi connectivity index (χ2v) is 9.75. The number of thioether (sulfide) groups is 1. The van der Waals surface area contributed by atoms with E-state index in [0.717, 1.165) is 11.8 Å². The third-order valence-electron chi connectivity index (χ3n) is 5.87. The summed E-state index contributed by atoms with van der Waals surface area (Å²) in [5.41, 5.74) is 5.86. The molecule has 0 bridgehead atoms. The summed E-state index contributed by atoms with van der Waals surface area (Å²) in [4.78, 5) is 57.1. The Bertz CT molecular complexity index is 1270. The second kappa shape index (κ2) is 9.94. The van der Waals surface area contributed by atoms with Crippen molar-refractivity contribution in [1.82, 2.24) is 14.3 Å². The SMILES string of the molecule is NC(=O)C1CCN(c2nc3ccccn3c(=O)c2/C=C2/SC(=S)N(CCCC(=O)O)C2=O)CC1. The number of pyridine rings is 1. The van der Waals surface area contributed by atoms with E-state index in [1.165, 1.54) is 15.4 Å². The van der Waals surface area contributed by atoms with Crippen LogP contribution in [0.15, 0.2) is 34.1 Å². The minimum absolute atomic E-state index is 0.0720. The number of hydrogen-bond acceptors (Lipinski definition) is 8. The monoisotopic (exact) mass is 501 g/mol. The quantitative estimate of drug-likeness (QED) is 0.426. The number of thiocarbonyl (C=S) groups is 1. The normalized spacial score (nSPS) is 18.3. The van der Waals surface area contributed by atoms with Gasteiger partial charge < -0.3 is 15.7 Å². The Kier molecular flexibility index (Phi) is 6.98. The minimum Gasteiger partial charge on any atom is -0.481 e. The zero-order chi connectivity index (χ0) is 24.4. The molecular formula is C22H23N5O5S2. The first-order valence-corrected chi connectivity index (χ1v) is 12.0. The lowest BCUT2D eigenvalue weighted by Gasteiger charge is -2.32. The van der Waals surface area contributed by atoms with Crippen LogP contribution in [-0.2, 0) is 14.4 Å². The van der Waals surface area contributed by atoms with Gasteiger partial charge in [0.1, 0.15) is 15.8 Å². The minimum atomic E-state index is -0.944. The van der Waals surface area contributed by atoms with Gasteiger partial charge in [-0.1, -0.05) is 30.0 Å². The Morgan fingerprint density at radius 2 is 2.00 bits per heavy atom. The molecule has 0 atom stereocenters. The molecule has 4 rings (SSSR count). The van der Waals surface area contributed by atoms with Crippen LogP contribution in [0, 0.1) is 5.92 Å². The van der Waals surface area contributed by atoms with Gasteiger partial charge in [-0.3, -0.25) is 28.5 Å². The molecule has 2 aromatic rings. The maximum absolute atomic E-state index is 13.4. The number of hydrogen-bond donors (Lipinski definition) is 2. The number of carbonyl (C=O) groups excluding carboxylic acids is 2. The van der Waals surface area contributed by atoms with Crippen molar-refractivity contribution in [3.05, 3.63) is 45.2 Å². The number of primary amides is 1. The fraction of sp³-hybridized carbons (Fsp3) is 0.364. The molecule has 10 nitrogen and oxygen atoms in total. The number of piperidine rings is 1. The molecule has 0 aromatic carbocycles. The van der Waals surface area contributed by atoms with E-state index in [4.69, 9.17) is 28.0 Å². The number of nitrogens with two attached hydrogens (primary N) is 1. The lowest BCUT2D eigenvalue weighted by atomic mass is 9.96. The molecule has 12 heteroatoms. The molecule has 0 saturated carbocycles. The molecular weight excluding hydrogens is 478 g/mol. The van der Waals surface area contributed by atoms with Gasteiger partial charge in [-0.05, 0) is 37.5 Å².